The van der Waals surface area contributed by atoms with Crippen molar-refractivity contribution in [3.63, 3.8) is 0 Å². The Balaban J connectivity index is 1.37. The summed E-state index contributed by atoms with van der Waals surface area (Å²) >= 11 is 0. The first-order valence-corrected chi connectivity index (χ1v) is 11.0. The molecule has 2 bridgehead atoms. The second-order valence-corrected chi connectivity index (χ2v) is 8.84. The lowest BCUT2D eigenvalue weighted by Crippen LogP contribution is -2.49. The van der Waals surface area contributed by atoms with Gasteiger partial charge in [0.2, 0.25) is 0 Å². The molecule has 2 saturated carbocycles. The van der Waals surface area contributed by atoms with Crippen LogP contribution in [0.15, 0.2) is 72.8 Å². The van der Waals surface area contributed by atoms with E-state index in [2.05, 4.69) is 24.3 Å². The number of hydrogen-bond donors (Lipinski definition) is 0. The van der Waals surface area contributed by atoms with Crippen molar-refractivity contribution in [1.82, 2.24) is 4.90 Å². The van der Waals surface area contributed by atoms with E-state index in [0.717, 1.165) is 23.8 Å². The smallest absolute Gasteiger partial charge is 0.410 e. The average Bonchev–Trinajstić information content (AvgIpc) is 3.40. The van der Waals surface area contributed by atoms with E-state index in [1.807, 2.05) is 53.4 Å². The highest BCUT2D eigenvalue weighted by Crippen LogP contribution is 2.55. The summed E-state index contributed by atoms with van der Waals surface area (Å²) in [5.74, 6) is 2.69. The highest BCUT2D eigenvalue weighted by molar-refractivity contribution is 5.68. The third-order valence-electron chi connectivity index (χ3n) is 7.21. The van der Waals surface area contributed by atoms with Crippen LogP contribution >= 0.6 is 0 Å². The summed E-state index contributed by atoms with van der Waals surface area (Å²) in [5.41, 5.74) is 2.20. The first-order chi connectivity index (χ1) is 14.3. The molecular formula is C26H29NO2. The molecule has 0 aliphatic heterocycles. The Kier molecular flexibility index (Phi) is 5.13. The van der Waals surface area contributed by atoms with Gasteiger partial charge < -0.3 is 9.64 Å². The molecule has 5 atom stereocenters. The number of hydrogen-bond acceptors (Lipinski definition) is 2. The van der Waals surface area contributed by atoms with Gasteiger partial charge in [-0.1, -0.05) is 79.2 Å². The molecule has 0 unspecified atom stereocenters. The van der Waals surface area contributed by atoms with Crippen LogP contribution in [0.4, 0.5) is 4.79 Å². The van der Waals surface area contributed by atoms with Crippen molar-refractivity contribution in [2.24, 2.45) is 23.7 Å². The van der Waals surface area contributed by atoms with E-state index in [4.69, 9.17) is 4.74 Å². The third-order valence-corrected chi connectivity index (χ3v) is 7.21. The topological polar surface area (TPSA) is 29.5 Å². The molecule has 3 nitrogen and oxygen atoms in total. The van der Waals surface area contributed by atoms with E-state index in [0.29, 0.717) is 25.0 Å². The lowest BCUT2D eigenvalue weighted by Gasteiger charge is -2.44. The molecule has 150 valence electrons. The largest absolute Gasteiger partial charge is 0.445 e. The fourth-order valence-corrected chi connectivity index (χ4v) is 5.96. The zero-order chi connectivity index (χ0) is 19.6. The van der Waals surface area contributed by atoms with Gasteiger partial charge in [0.1, 0.15) is 6.61 Å². The molecular weight excluding hydrogens is 358 g/mol. The van der Waals surface area contributed by atoms with Gasteiger partial charge in [-0.2, -0.15) is 0 Å². The lowest BCUT2D eigenvalue weighted by molar-refractivity contribution is 0.0310. The highest BCUT2D eigenvalue weighted by Gasteiger charge is 2.51. The van der Waals surface area contributed by atoms with Crippen molar-refractivity contribution in [1.29, 1.82) is 0 Å². The Labute approximate surface area is 173 Å². The maximum absolute atomic E-state index is 13.3. The monoisotopic (exact) mass is 387 g/mol. The van der Waals surface area contributed by atoms with Crippen molar-refractivity contribution in [2.75, 3.05) is 0 Å². The second kappa shape index (κ2) is 8.06. The predicted octanol–water partition coefficient (Wildman–Crippen LogP) is 5.82. The lowest BCUT2D eigenvalue weighted by atomic mass is 9.70. The van der Waals surface area contributed by atoms with E-state index in [1.165, 1.54) is 24.8 Å². The molecule has 2 aromatic carbocycles. The summed E-state index contributed by atoms with van der Waals surface area (Å²) < 4.78 is 5.81. The zero-order valence-electron chi connectivity index (χ0n) is 16.8. The number of carbonyl (C=O) groups is 1. The summed E-state index contributed by atoms with van der Waals surface area (Å²) in [7, 11) is 0. The Morgan fingerprint density at radius 3 is 2.34 bits per heavy atom. The Bertz CT molecular complexity index is 863. The van der Waals surface area contributed by atoms with Crippen molar-refractivity contribution < 1.29 is 9.53 Å². The zero-order valence-corrected chi connectivity index (χ0v) is 16.8. The summed E-state index contributed by atoms with van der Waals surface area (Å²) in [6, 6.07) is 20.6. The summed E-state index contributed by atoms with van der Waals surface area (Å²) in [5, 5.41) is 0. The van der Waals surface area contributed by atoms with E-state index in [-0.39, 0.29) is 12.1 Å². The Morgan fingerprint density at radius 1 is 0.897 bits per heavy atom. The highest BCUT2D eigenvalue weighted by atomic mass is 16.6. The van der Waals surface area contributed by atoms with Gasteiger partial charge in [-0.15, -0.1) is 0 Å². The van der Waals surface area contributed by atoms with Crippen molar-refractivity contribution in [3.8, 4) is 0 Å². The van der Waals surface area contributed by atoms with E-state index >= 15 is 0 Å². The first-order valence-electron chi connectivity index (χ1n) is 11.0. The minimum absolute atomic E-state index is 0.171. The minimum atomic E-state index is -0.171. The maximum atomic E-state index is 13.3. The molecule has 2 fully saturated rings. The molecule has 0 saturated heterocycles. The molecule has 3 aliphatic carbocycles. The molecule has 0 aromatic heterocycles. The SMILES string of the molecule is O=C(OCc1ccccc1)N(Cc1ccccc1)[C@H]1CCC[C@@H]2[C@@H]1[C@@H]1C=C[C@H]2C1. The quantitative estimate of drug-likeness (QED) is 0.605. The van der Waals surface area contributed by atoms with E-state index in [1.54, 1.807) is 0 Å². The number of fused-ring (bicyclic) bond motifs is 5. The normalized spacial score (nSPS) is 29.4. The number of carbonyl (C=O) groups excluding carboxylic acids is 1. The molecule has 2 aromatic rings. The van der Waals surface area contributed by atoms with Crippen LogP contribution in [0.2, 0.25) is 0 Å². The molecule has 5 rings (SSSR count). The average molecular weight is 388 g/mol. The minimum Gasteiger partial charge on any atom is -0.445 e. The van der Waals surface area contributed by atoms with Gasteiger partial charge >= 0.3 is 6.09 Å². The predicted molar refractivity (Wildman–Crippen MR) is 114 cm³/mol. The van der Waals surface area contributed by atoms with Gasteiger partial charge in [0.05, 0.1) is 0 Å². The molecule has 0 heterocycles. The fourth-order valence-electron chi connectivity index (χ4n) is 5.96. The van der Waals surface area contributed by atoms with Crippen LogP contribution in [0.1, 0.15) is 36.8 Å². The van der Waals surface area contributed by atoms with Gasteiger partial charge in [0, 0.05) is 12.6 Å². The summed E-state index contributed by atoms with van der Waals surface area (Å²) in [6.45, 7) is 0.960. The van der Waals surface area contributed by atoms with Crippen LogP contribution < -0.4 is 0 Å². The summed E-state index contributed by atoms with van der Waals surface area (Å²) in [4.78, 5) is 15.3. The van der Waals surface area contributed by atoms with Crippen molar-refractivity contribution in [3.05, 3.63) is 83.9 Å². The van der Waals surface area contributed by atoms with Gasteiger partial charge in [-0.05, 0) is 54.1 Å². The molecule has 0 radical (unpaired) electrons. The number of ether oxygens (including phenoxy) is 1. The number of rotatable bonds is 5. The number of allylic oxidation sites excluding steroid dienone is 2. The van der Waals surface area contributed by atoms with Crippen LogP contribution in [0.5, 0.6) is 0 Å². The maximum Gasteiger partial charge on any atom is 0.410 e. The second-order valence-electron chi connectivity index (χ2n) is 8.84. The van der Waals surface area contributed by atoms with Crippen LogP contribution in [0, 0.1) is 23.7 Å². The van der Waals surface area contributed by atoms with Gasteiger partial charge in [-0.25, -0.2) is 4.79 Å². The van der Waals surface area contributed by atoms with Crippen LogP contribution in [-0.4, -0.2) is 17.0 Å². The number of amides is 1. The molecule has 3 heteroatoms. The Hall–Kier alpha value is -2.55. The molecule has 1 amide bonds. The molecule has 0 N–H and O–H groups in total. The van der Waals surface area contributed by atoms with Crippen LogP contribution in [0.3, 0.4) is 0 Å². The fraction of sp³-hybridized carbons (Fsp3) is 0.423. The standard InChI is InChI=1S/C26H29NO2/c28-26(29-18-20-10-5-2-6-11-20)27(17-19-8-3-1-4-9-19)24-13-7-12-23-21-14-15-22(16-21)25(23)24/h1-6,8-11,14-15,21-25H,7,12-13,16-18H2/t21-,22+,23-,24-,25-/m0/s1. The van der Waals surface area contributed by atoms with Gasteiger partial charge in [-0.3, -0.25) is 0 Å². The van der Waals surface area contributed by atoms with Gasteiger partial charge in [0.25, 0.3) is 0 Å². The van der Waals surface area contributed by atoms with Gasteiger partial charge in [0.15, 0.2) is 0 Å². The Morgan fingerprint density at radius 2 is 1.59 bits per heavy atom. The number of nitrogens with zero attached hydrogens (tertiary/aromatic N) is 1. The molecule has 3 aliphatic rings. The van der Waals surface area contributed by atoms with Crippen molar-refractivity contribution >= 4 is 6.09 Å². The van der Waals surface area contributed by atoms with Crippen molar-refractivity contribution in [2.45, 2.75) is 44.9 Å². The third kappa shape index (κ3) is 3.71. The van der Waals surface area contributed by atoms with Crippen LogP contribution in [-0.2, 0) is 17.9 Å². The summed E-state index contributed by atoms with van der Waals surface area (Å²) in [6.07, 6.45) is 9.57. The van der Waals surface area contributed by atoms with E-state index in [9.17, 15) is 4.79 Å². The van der Waals surface area contributed by atoms with Crippen LogP contribution in [0.25, 0.3) is 0 Å². The molecule has 0 spiro atoms. The first kappa shape index (κ1) is 18.5. The number of benzene rings is 2. The van der Waals surface area contributed by atoms with E-state index < -0.39 is 0 Å². The molecule has 29 heavy (non-hydrogen) atoms.